The molecule has 3 aliphatic rings. The Morgan fingerprint density at radius 3 is 2.40 bits per heavy atom. The van der Waals surface area contributed by atoms with Gasteiger partial charge in [0.2, 0.25) is 0 Å². The highest BCUT2D eigenvalue weighted by atomic mass is 35.5. The number of carbonyl (C=O) groups is 2. The lowest BCUT2D eigenvalue weighted by atomic mass is 9.59. The van der Waals surface area contributed by atoms with Crippen molar-refractivity contribution in [1.82, 2.24) is 0 Å². The third kappa shape index (κ3) is 3.98. The average Bonchev–Trinajstić information content (AvgIpc) is 3.33. The fourth-order valence-corrected chi connectivity index (χ4v) is 6.72. The predicted octanol–water partition coefficient (Wildman–Crippen LogP) is 4.52. The van der Waals surface area contributed by atoms with Gasteiger partial charge in [0.15, 0.2) is 11.7 Å². The number of benzene rings is 1. The zero-order valence-corrected chi connectivity index (χ0v) is 21.9. The van der Waals surface area contributed by atoms with E-state index in [4.69, 9.17) is 27.9 Å². The van der Waals surface area contributed by atoms with Gasteiger partial charge in [-0.2, -0.15) is 0 Å². The van der Waals surface area contributed by atoms with E-state index in [0.29, 0.717) is 17.9 Å². The van der Waals surface area contributed by atoms with Gasteiger partial charge in [0.1, 0.15) is 11.9 Å². The summed E-state index contributed by atoms with van der Waals surface area (Å²) in [5.74, 6) is -1.17. The van der Waals surface area contributed by atoms with Gasteiger partial charge in [-0.1, -0.05) is 62.2 Å². The normalized spacial score (nSPS) is 34.4. The molecule has 3 aliphatic carbocycles. The zero-order chi connectivity index (χ0) is 25.9. The summed E-state index contributed by atoms with van der Waals surface area (Å²) in [5, 5.41) is 33.9. The maximum atomic E-state index is 13.8. The molecule has 0 bridgehead atoms. The average molecular weight is 523 g/mol. The minimum atomic E-state index is -2.22. The molecule has 0 amide bonds. The van der Waals surface area contributed by atoms with E-state index in [1.807, 2.05) is 6.92 Å². The minimum Gasteiger partial charge on any atom is -0.451 e. The Labute approximate surface area is 215 Å². The standard InChI is InChI=1S/C27H32Cl2O6/c1-14-11-26(15(2)10-17-12-25(17,3)4)20(31)9-8-16(13-30)22(32)27(26,34)23(14)35-24(33)21-18(28)6-5-7-19(21)29/h5-8,11,15,17,22-23,30,32,34H,9-10,12-13H2,1-4H3. The lowest BCUT2D eigenvalue weighted by Gasteiger charge is -2.48. The molecule has 3 N–H and O–H groups in total. The topological polar surface area (TPSA) is 104 Å². The summed E-state index contributed by atoms with van der Waals surface area (Å²) in [6.07, 6.45) is 1.74. The molecule has 35 heavy (non-hydrogen) atoms. The summed E-state index contributed by atoms with van der Waals surface area (Å²) in [4.78, 5) is 27.0. The summed E-state index contributed by atoms with van der Waals surface area (Å²) in [7, 11) is 0. The Bertz CT molecular complexity index is 1100. The van der Waals surface area contributed by atoms with Crippen molar-refractivity contribution in [1.29, 1.82) is 0 Å². The van der Waals surface area contributed by atoms with Crippen LogP contribution in [0.15, 0.2) is 41.5 Å². The van der Waals surface area contributed by atoms with Gasteiger partial charge in [-0.15, -0.1) is 0 Å². The zero-order valence-electron chi connectivity index (χ0n) is 20.3. The van der Waals surface area contributed by atoms with Crippen molar-refractivity contribution in [2.45, 2.75) is 64.8 Å². The van der Waals surface area contributed by atoms with Gasteiger partial charge in [0, 0.05) is 6.42 Å². The SMILES string of the molecule is CC1=CC2(C(C)CC3CC3(C)C)C(=O)CC=C(CO)C(O)C2(O)C1OC(=O)c1c(Cl)cccc1Cl. The highest BCUT2D eigenvalue weighted by Gasteiger charge is 2.70. The van der Waals surface area contributed by atoms with Crippen LogP contribution in [0.4, 0.5) is 0 Å². The van der Waals surface area contributed by atoms with Crippen molar-refractivity contribution >= 4 is 35.0 Å². The van der Waals surface area contributed by atoms with Crippen LogP contribution >= 0.6 is 23.2 Å². The van der Waals surface area contributed by atoms with Crippen LogP contribution in [0.5, 0.6) is 0 Å². The largest absolute Gasteiger partial charge is 0.451 e. The van der Waals surface area contributed by atoms with Gasteiger partial charge < -0.3 is 20.1 Å². The van der Waals surface area contributed by atoms with Crippen LogP contribution in [-0.4, -0.2) is 51.5 Å². The van der Waals surface area contributed by atoms with Crippen molar-refractivity contribution in [3.8, 4) is 0 Å². The first-order chi connectivity index (χ1) is 16.3. The predicted molar refractivity (Wildman–Crippen MR) is 133 cm³/mol. The van der Waals surface area contributed by atoms with E-state index in [9.17, 15) is 24.9 Å². The molecule has 8 heteroatoms. The third-order valence-corrected chi connectivity index (χ3v) is 9.05. The number of rotatable bonds is 6. The maximum Gasteiger partial charge on any atom is 0.341 e. The third-order valence-electron chi connectivity index (χ3n) is 8.42. The minimum absolute atomic E-state index is 0.0611. The smallest absolute Gasteiger partial charge is 0.341 e. The number of ether oxygens (including phenoxy) is 1. The molecule has 6 unspecified atom stereocenters. The lowest BCUT2D eigenvalue weighted by molar-refractivity contribution is -0.189. The first-order valence-electron chi connectivity index (χ1n) is 11.9. The second-order valence-corrected chi connectivity index (χ2v) is 11.8. The number of halogens is 2. The van der Waals surface area contributed by atoms with E-state index in [1.54, 1.807) is 19.1 Å². The molecule has 6 atom stereocenters. The van der Waals surface area contributed by atoms with Crippen LogP contribution in [0.1, 0.15) is 57.3 Å². The molecular weight excluding hydrogens is 491 g/mol. The fraction of sp³-hybridized carbons (Fsp3) is 0.556. The fourth-order valence-electron chi connectivity index (χ4n) is 6.17. The highest BCUT2D eigenvalue weighted by Crippen LogP contribution is 2.61. The van der Waals surface area contributed by atoms with Crippen LogP contribution in [0.2, 0.25) is 10.0 Å². The van der Waals surface area contributed by atoms with Gasteiger partial charge in [0.25, 0.3) is 0 Å². The molecule has 1 saturated carbocycles. The molecule has 0 saturated heterocycles. The first-order valence-corrected chi connectivity index (χ1v) is 12.6. The number of hydrogen-bond donors (Lipinski definition) is 3. The van der Waals surface area contributed by atoms with E-state index in [0.717, 1.165) is 6.42 Å². The van der Waals surface area contributed by atoms with Crippen molar-refractivity contribution < 1.29 is 29.6 Å². The monoisotopic (exact) mass is 522 g/mol. The van der Waals surface area contributed by atoms with Crippen molar-refractivity contribution in [3.63, 3.8) is 0 Å². The number of allylic oxidation sites excluding steroid dienone is 1. The number of carbonyl (C=O) groups excluding carboxylic acids is 2. The van der Waals surface area contributed by atoms with Crippen molar-refractivity contribution in [2.24, 2.45) is 22.7 Å². The molecule has 0 aromatic heterocycles. The number of Topliss-reactive ketones (excluding diaryl/α,β-unsaturated/α-hetero) is 1. The first kappa shape index (κ1) is 26.4. The highest BCUT2D eigenvalue weighted by molar-refractivity contribution is 6.39. The molecule has 0 spiro atoms. The second kappa shape index (κ2) is 9.00. The summed E-state index contributed by atoms with van der Waals surface area (Å²) in [6, 6.07) is 4.58. The Morgan fingerprint density at radius 2 is 1.86 bits per heavy atom. The van der Waals surface area contributed by atoms with E-state index in [2.05, 4.69) is 13.8 Å². The molecule has 0 radical (unpaired) electrons. The van der Waals surface area contributed by atoms with Gasteiger partial charge in [-0.05, 0) is 60.3 Å². The van der Waals surface area contributed by atoms with Gasteiger partial charge in [-0.25, -0.2) is 4.79 Å². The number of fused-ring (bicyclic) bond motifs is 1. The number of aliphatic hydroxyl groups is 3. The molecule has 1 fully saturated rings. The molecule has 1 aromatic rings. The summed E-state index contributed by atoms with van der Waals surface area (Å²) >= 11 is 12.4. The Morgan fingerprint density at radius 1 is 1.26 bits per heavy atom. The molecule has 0 aliphatic heterocycles. The molecular formula is C27H32Cl2O6. The molecule has 1 aromatic carbocycles. The van der Waals surface area contributed by atoms with Crippen molar-refractivity contribution in [3.05, 3.63) is 57.1 Å². The van der Waals surface area contributed by atoms with Crippen molar-refractivity contribution in [2.75, 3.05) is 6.61 Å². The van der Waals surface area contributed by atoms with Crippen LogP contribution in [0.3, 0.4) is 0 Å². The van der Waals surface area contributed by atoms with Crippen LogP contribution < -0.4 is 0 Å². The van der Waals surface area contributed by atoms with Crippen LogP contribution in [-0.2, 0) is 9.53 Å². The van der Waals surface area contributed by atoms with E-state index in [1.165, 1.54) is 18.2 Å². The van der Waals surface area contributed by atoms with E-state index >= 15 is 0 Å². The molecule has 0 heterocycles. The molecule has 4 rings (SSSR count). The number of aliphatic hydroxyl groups excluding tert-OH is 2. The van der Waals surface area contributed by atoms with E-state index in [-0.39, 0.29) is 44.7 Å². The number of ketones is 1. The summed E-state index contributed by atoms with van der Waals surface area (Å²) in [5.41, 5.74) is -3.10. The second-order valence-electron chi connectivity index (χ2n) is 11.0. The van der Waals surface area contributed by atoms with Gasteiger partial charge >= 0.3 is 5.97 Å². The van der Waals surface area contributed by atoms with Gasteiger partial charge in [0.05, 0.1) is 27.6 Å². The van der Waals surface area contributed by atoms with Crippen LogP contribution in [0, 0.1) is 22.7 Å². The Hall–Kier alpha value is -1.70. The van der Waals surface area contributed by atoms with Gasteiger partial charge in [-0.3, -0.25) is 4.79 Å². The molecule has 6 nitrogen and oxygen atoms in total. The lowest BCUT2D eigenvalue weighted by Crippen LogP contribution is -2.65. The summed E-state index contributed by atoms with van der Waals surface area (Å²) in [6.45, 7) is 7.34. The number of hydrogen-bond acceptors (Lipinski definition) is 6. The number of esters is 1. The maximum absolute atomic E-state index is 13.8. The van der Waals surface area contributed by atoms with Crippen LogP contribution in [0.25, 0.3) is 0 Å². The summed E-state index contributed by atoms with van der Waals surface area (Å²) < 4.78 is 5.80. The van der Waals surface area contributed by atoms with E-state index < -0.39 is 35.8 Å². The quantitative estimate of drug-likeness (QED) is 0.374. The Kier molecular flexibility index (Phi) is 6.78. The molecule has 190 valence electrons. The Balaban J connectivity index is 1.80.